The van der Waals surface area contributed by atoms with E-state index in [2.05, 4.69) is 15.0 Å². The highest BCUT2D eigenvalue weighted by Gasteiger charge is 2.32. The lowest BCUT2D eigenvalue weighted by molar-refractivity contribution is -0.275. The van der Waals surface area contributed by atoms with E-state index in [1.165, 1.54) is 12.1 Å². The fourth-order valence-electron chi connectivity index (χ4n) is 1.94. The average Bonchev–Trinajstić information content (AvgIpc) is 2.45. The van der Waals surface area contributed by atoms with Crippen molar-refractivity contribution < 1.29 is 17.9 Å². The van der Waals surface area contributed by atoms with E-state index >= 15 is 0 Å². The lowest BCUT2D eigenvalue weighted by atomic mass is 10.1. The molecule has 0 fully saturated rings. The molecule has 1 aromatic heterocycles. The van der Waals surface area contributed by atoms with Crippen LogP contribution in [-0.4, -0.2) is 11.3 Å². The Morgan fingerprint density at radius 1 is 1.19 bits per heavy atom. The Morgan fingerprint density at radius 2 is 1.95 bits per heavy atom. The Labute approximate surface area is 120 Å². The monoisotopic (exact) mass is 296 g/mol. The number of pyridine rings is 1. The van der Waals surface area contributed by atoms with Crippen molar-refractivity contribution in [3.8, 4) is 5.75 Å². The first kappa shape index (κ1) is 15.3. The number of benzene rings is 1. The first-order valence-electron chi connectivity index (χ1n) is 6.42. The summed E-state index contributed by atoms with van der Waals surface area (Å²) >= 11 is 0. The molecule has 1 N–H and O–H groups in total. The number of para-hydroxylation sites is 1. The van der Waals surface area contributed by atoms with Crippen LogP contribution in [-0.2, 0) is 6.54 Å². The van der Waals surface area contributed by atoms with Crippen molar-refractivity contribution in [3.63, 3.8) is 0 Å². The standard InChI is InChI=1S/C15H15F3N2O/c1-11(20-10-12-5-4-8-19-9-12)13-6-2-3-7-14(13)21-15(16,17)18/h2-9,11,20H,10H2,1H3. The molecule has 6 heteroatoms. The van der Waals surface area contributed by atoms with Gasteiger partial charge in [0.2, 0.25) is 0 Å². The summed E-state index contributed by atoms with van der Waals surface area (Å²) in [7, 11) is 0. The highest BCUT2D eigenvalue weighted by Crippen LogP contribution is 2.30. The molecule has 2 aromatic rings. The lowest BCUT2D eigenvalue weighted by Crippen LogP contribution is -2.22. The van der Waals surface area contributed by atoms with Crippen molar-refractivity contribution in [1.82, 2.24) is 10.3 Å². The van der Waals surface area contributed by atoms with Gasteiger partial charge in [0, 0.05) is 30.5 Å². The summed E-state index contributed by atoms with van der Waals surface area (Å²) in [4.78, 5) is 3.99. The van der Waals surface area contributed by atoms with E-state index in [0.29, 0.717) is 12.1 Å². The predicted octanol–water partition coefficient (Wildman–Crippen LogP) is 3.83. The van der Waals surface area contributed by atoms with Crippen LogP contribution in [0.15, 0.2) is 48.8 Å². The number of ether oxygens (including phenoxy) is 1. The molecule has 0 amide bonds. The van der Waals surface area contributed by atoms with Crippen molar-refractivity contribution in [2.24, 2.45) is 0 Å². The van der Waals surface area contributed by atoms with Crippen LogP contribution in [0.5, 0.6) is 5.75 Å². The smallest absolute Gasteiger partial charge is 0.405 e. The fourth-order valence-corrected chi connectivity index (χ4v) is 1.94. The summed E-state index contributed by atoms with van der Waals surface area (Å²) in [6.45, 7) is 2.30. The largest absolute Gasteiger partial charge is 0.573 e. The zero-order valence-electron chi connectivity index (χ0n) is 11.4. The van der Waals surface area contributed by atoms with E-state index in [1.807, 2.05) is 12.1 Å². The Hall–Kier alpha value is -2.08. The Bertz CT molecular complexity index is 573. The molecule has 0 aliphatic rings. The third-order valence-corrected chi connectivity index (χ3v) is 2.95. The summed E-state index contributed by atoms with van der Waals surface area (Å²) in [5.74, 6) is -0.184. The molecular weight excluding hydrogens is 281 g/mol. The maximum absolute atomic E-state index is 12.4. The SMILES string of the molecule is CC(NCc1cccnc1)c1ccccc1OC(F)(F)F. The van der Waals surface area contributed by atoms with Crippen LogP contribution >= 0.6 is 0 Å². The normalized spacial score (nSPS) is 13.0. The molecular formula is C15H15F3N2O. The summed E-state index contributed by atoms with van der Waals surface area (Å²) in [5.41, 5.74) is 1.41. The van der Waals surface area contributed by atoms with Crippen molar-refractivity contribution in [2.75, 3.05) is 0 Å². The highest BCUT2D eigenvalue weighted by molar-refractivity contribution is 5.35. The Kier molecular flexibility index (Phi) is 4.80. The zero-order chi connectivity index (χ0) is 15.3. The topological polar surface area (TPSA) is 34.2 Å². The molecule has 0 saturated carbocycles. The molecule has 1 heterocycles. The molecule has 21 heavy (non-hydrogen) atoms. The number of hydrogen-bond acceptors (Lipinski definition) is 3. The molecule has 2 rings (SSSR count). The van der Waals surface area contributed by atoms with Crippen LogP contribution < -0.4 is 10.1 Å². The second-order valence-electron chi connectivity index (χ2n) is 4.55. The molecule has 0 spiro atoms. The average molecular weight is 296 g/mol. The van der Waals surface area contributed by atoms with E-state index in [-0.39, 0.29) is 11.8 Å². The number of nitrogens with one attached hydrogen (secondary N) is 1. The van der Waals surface area contributed by atoms with Gasteiger partial charge in [-0.25, -0.2) is 0 Å². The first-order chi connectivity index (χ1) is 9.96. The third kappa shape index (κ3) is 4.75. The lowest BCUT2D eigenvalue weighted by Gasteiger charge is -2.19. The van der Waals surface area contributed by atoms with Gasteiger partial charge in [0.25, 0.3) is 0 Å². The molecule has 0 radical (unpaired) electrons. The van der Waals surface area contributed by atoms with Gasteiger partial charge in [0.15, 0.2) is 0 Å². The summed E-state index contributed by atoms with van der Waals surface area (Å²) in [5, 5.41) is 3.15. The number of alkyl halides is 3. The number of nitrogens with zero attached hydrogens (tertiary/aromatic N) is 1. The Balaban J connectivity index is 2.07. The van der Waals surface area contributed by atoms with E-state index in [4.69, 9.17) is 0 Å². The van der Waals surface area contributed by atoms with Gasteiger partial charge in [0.05, 0.1) is 0 Å². The van der Waals surface area contributed by atoms with E-state index in [1.54, 1.807) is 31.5 Å². The molecule has 1 aromatic carbocycles. The maximum Gasteiger partial charge on any atom is 0.573 e. The van der Waals surface area contributed by atoms with Crippen molar-refractivity contribution in [2.45, 2.75) is 25.9 Å². The van der Waals surface area contributed by atoms with Gasteiger partial charge in [-0.05, 0) is 24.6 Å². The quantitative estimate of drug-likeness (QED) is 0.910. The summed E-state index contributed by atoms with van der Waals surface area (Å²) in [6, 6.07) is 9.53. The molecule has 112 valence electrons. The van der Waals surface area contributed by atoms with Gasteiger partial charge in [-0.15, -0.1) is 13.2 Å². The molecule has 0 saturated heterocycles. The van der Waals surface area contributed by atoms with Crippen LogP contribution in [0.1, 0.15) is 24.1 Å². The van der Waals surface area contributed by atoms with Crippen LogP contribution in [0.25, 0.3) is 0 Å². The molecule has 0 aliphatic carbocycles. The minimum Gasteiger partial charge on any atom is -0.405 e. The zero-order valence-corrected chi connectivity index (χ0v) is 11.4. The summed E-state index contributed by atoms with van der Waals surface area (Å²) in [6.07, 6.45) is -1.32. The second-order valence-corrected chi connectivity index (χ2v) is 4.55. The number of rotatable bonds is 5. The van der Waals surface area contributed by atoms with E-state index < -0.39 is 6.36 Å². The minimum atomic E-state index is -4.70. The van der Waals surface area contributed by atoms with Gasteiger partial charge in [-0.1, -0.05) is 24.3 Å². The van der Waals surface area contributed by atoms with Crippen LogP contribution in [0.2, 0.25) is 0 Å². The van der Waals surface area contributed by atoms with Crippen molar-refractivity contribution in [3.05, 3.63) is 59.9 Å². The van der Waals surface area contributed by atoms with Crippen molar-refractivity contribution in [1.29, 1.82) is 0 Å². The van der Waals surface area contributed by atoms with E-state index in [9.17, 15) is 13.2 Å². The molecule has 1 unspecified atom stereocenters. The predicted molar refractivity (Wildman–Crippen MR) is 72.6 cm³/mol. The molecule has 0 aliphatic heterocycles. The van der Waals surface area contributed by atoms with Gasteiger partial charge >= 0.3 is 6.36 Å². The maximum atomic E-state index is 12.4. The molecule has 0 bridgehead atoms. The van der Waals surface area contributed by atoms with Crippen molar-refractivity contribution >= 4 is 0 Å². The second kappa shape index (κ2) is 6.58. The van der Waals surface area contributed by atoms with Crippen LogP contribution in [0.3, 0.4) is 0 Å². The molecule has 3 nitrogen and oxygen atoms in total. The third-order valence-electron chi connectivity index (χ3n) is 2.95. The number of halogens is 3. The van der Waals surface area contributed by atoms with Gasteiger partial charge in [-0.2, -0.15) is 0 Å². The van der Waals surface area contributed by atoms with Gasteiger partial charge < -0.3 is 10.1 Å². The van der Waals surface area contributed by atoms with Crippen LogP contribution in [0, 0.1) is 0 Å². The number of hydrogen-bond donors (Lipinski definition) is 1. The highest BCUT2D eigenvalue weighted by atomic mass is 19.4. The molecule has 1 atom stereocenters. The van der Waals surface area contributed by atoms with Gasteiger partial charge in [-0.3, -0.25) is 4.98 Å². The summed E-state index contributed by atoms with van der Waals surface area (Å²) < 4.78 is 41.2. The van der Waals surface area contributed by atoms with E-state index in [0.717, 1.165) is 5.56 Å². The van der Waals surface area contributed by atoms with Gasteiger partial charge in [0.1, 0.15) is 5.75 Å². The first-order valence-corrected chi connectivity index (χ1v) is 6.42. The fraction of sp³-hybridized carbons (Fsp3) is 0.267. The minimum absolute atomic E-state index is 0.184. The number of aromatic nitrogens is 1. The Morgan fingerprint density at radius 3 is 2.62 bits per heavy atom. The van der Waals surface area contributed by atoms with Crippen LogP contribution in [0.4, 0.5) is 13.2 Å².